The van der Waals surface area contributed by atoms with Gasteiger partial charge in [-0.2, -0.15) is 0 Å². The van der Waals surface area contributed by atoms with Crippen molar-refractivity contribution in [3.05, 3.63) is 34.9 Å². The van der Waals surface area contributed by atoms with Crippen LogP contribution in [0.4, 0.5) is 4.79 Å². The van der Waals surface area contributed by atoms with Gasteiger partial charge in [0.25, 0.3) is 0 Å². The summed E-state index contributed by atoms with van der Waals surface area (Å²) in [6, 6.07) is 5.30. The Kier molecular flexibility index (Phi) is 5.39. The Balaban J connectivity index is 2.07. The van der Waals surface area contributed by atoms with E-state index >= 15 is 0 Å². The van der Waals surface area contributed by atoms with Crippen molar-refractivity contribution in [3.8, 4) is 0 Å². The second kappa shape index (κ2) is 6.98. The van der Waals surface area contributed by atoms with Crippen LogP contribution in [0.5, 0.6) is 0 Å². The van der Waals surface area contributed by atoms with Crippen LogP contribution in [0.2, 0.25) is 5.02 Å². The van der Waals surface area contributed by atoms with Gasteiger partial charge in [-0.3, -0.25) is 4.79 Å². The van der Waals surface area contributed by atoms with E-state index in [4.69, 9.17) is 17.3 Å². The van der Waals surface area contributed by atoms with Crippen LogP contribution in [0.25, 0.3) is 0 Å². The molecule has 9 heteroatoms. The topological polar surface area (TPSA) is 118 Å². The third kappa shape index (κ3) is 5.10. The molecule has 1 aliphatic heterocycles. The molecule has 7 nitrogen and oxygen atoms in total. The van der Waals surface area contributed by atoms with Crippen molar-refractivity contribution in [2.75, 3.05) is 11.5 Å². The Morgan fingerprint density at radius 2 is 1.96 bits per heavy atom. The molecule has 3 amide bonds. The zero-order chi connectivity index (χ0) is 18.0. The lowest BCUT2D eigenvalue weighted by atomic mass is 9.99. The molecule has 0 unspecified atom stereocenters. The van der Waals surface area contributed by atoms with Crippen molar-refractivity contribution >= 4 is 33.4 Å². The van der Waals surface area contributed by atoms with E-state index < -0.39 is 27.4 Å². The summed E-state index contributed by atoms with van der Waals surface area (Å²) < 4.78 is 23.2. The molecule has 0 spiro atoms. The van der Waals surface area contributed by atoms with Gasteiger partial charge >= 0.3 is 6.03 Å². The zero-order valence-electron chi connectivity index (χ0n) is 13.2. The van der Waals surface area contributed by atoms with Gasteiger partial charge in [0, 0.05) is 5.02 Å². The van der Waals surface area contributed by atoms with Crippen molar-refractivity contribution in [2.45, 2.75) is 31.3 Å². The minimum Gasteiger partial charge on any atom is -0.352 e. The van der Waals surface area contributed by atoms with Gasteiger partial charge in [-0.1, -0.05) is 23.7 Å². The molecular weight excluding hydrogens is 354 g/mol. The van der Waals surface area contributed by atoms with Crippen molar-refractivity contribution < 1.29 is 18.0 Å². The minimum absolute atomic E-state index is 0.0553. The molecule has 0 aromatic heterocycles. The lowest BCUT2D eigenvalue weighted by Gasteiger charge is -2.26. The van der Waals surface area contributed by atoms with Gasteiger partial charge in [0.2, 0.25) is 5.91 Å². The van der Waals surface area contributed by atoms with Crippen LogP contribution in [-0.4, -0.2) is 37.4 Å². The highest BCUT2D eigenvalue weighted by Gasteiger charge is 2.39. The summed E-state index contributed by atoms with van der Waals surface area (Å²) in [7, 11) is -3.12. The predicted molar refractivity (Wildman–Crippen MR) is 91.3 cm³/mol. The van der Waals surface area contributed by atoms with E-state index in [1.54, 1.807) is 31.2 Å². The number of nitrogens with one attached hydrogen (secondary N) is 2. The average molecular weight is 374 g/mol. The van der Waals surface area contributed by atoms with Crippen LogP contribution >= 0.6 is 11.6 Å². The highest BCUT2D eigenvalue weighted by molar-refractivity contribution is 7.91. The normalized spacial score (nSPS) is 23.4. The Labute approximate surface area is 145 Å². The summed E-state index contributed by atoms with van der Waals surface area (Å²) in [5, 5.41) is 5.81. The Morgan fingerprint density at radius 1 is 1.33 bits per heavy atom. The molecule has 4 N–H and O–H groups in total. The van der Waals surface area contributed by atoms with Crippen molar-refractivity contribution in [1.82, 2.24) is 10.6 Å². The molecule has 24 heavy (non-hydrogen) atoms. The number of halogens is 1. The molecule has 1 saturated heterocycles. The first-order valence-corrected chi connectivity index (χ1v) is 9.61. The maximum atomic E-state index is 12.3. The van der Waals surface area contributed by atoms with Crippen LogP contribution < -0.4 is 16.4 Å². The Hall–Kier alpha value is -1.80. The lowest BCUT2D eigenvalue weighted by molar-refractivity contribution is -0.123. The Bertz CT molecular complexity index is 736. The summed E-state index contributed by atoms with van der Waals surface area (Å²) in [6.07, 6.45) is 0.316. The molecule has 0 bridgehead atoms. The molecule has 0 radical (unpaired) electrons. The average Bonchev–Trinajstić information content (AvgIpc) is 2.71. The van der Waals surface area contributed by atoms with Crippen molar-refractivity contribution in [2.24, 2.45) is 5.73 Å². The minimum atomic E-state index is -3.12. The lowest BCUT2D eigenvalue weighted by Crippen LogP contribution is -2.48. The third-order valence-electron chi connectivity index (χ3n) is 3.92. The smallest absolute Gasteiger partial charge is 0.312 e. The summed E-state index contributed by atoms with van der Waals surface area (Å²) in [5.41, 5.74) is 5.07. The van der Waals surface area contributed by atoms with E-state index in [1.807, 2.05) is 0 Å². The van der Waals surface area contributed by atoms with E-state index in [0.717, 1.165) is 0 Å². The van der Waals surface area contributed by atoms with Gasteiger partial charge in [0.1, 0.15) is 0 Å². The Morgan fingerprint density at radius 3 is 2.46 bits per heavy atom. The third-order valence-corrected chi connectivity index (χ3v) is 6.08. The molecule has 132 valence electrons. The molecule has 0 aliphatic carbocycles. The van der Waals surface area contributed by atoms with Gasteiger partial charge < -0.3 is 16.4 Å². The fourth-order valence-corrected chi connectivity index (χ4v) is 5.02. The summed E-state index contributed by atoms with van der Waals surface area (Å²) in [6.45, 7) is 1.70. The van der Waals surface area contributed by atoms with Crippen LogP contribution in [0.1, 0.15) is 31.4 Å². The van der Waals surface area contributed by atoms with Gasteiger partial charge in [-0.25, -0.2) is 13.2 Å². The zero-order valence-corrected chi connectivity index (χ0v) is 14.8. The standard InChI is InChI=1S/C15H20ClN3O4S/c1-15(6-7-24(22,23)9-15)19-13(20)8-12(18-14(17)21)10-2-4-11(16)5-3-10/h2-5,12H,6-9H2,1H3,(H,19,20)(H3,17,18,21)/t12-,15-/m0/s1. The van der Waals surface area contributed by atoms with Crippen molar-refractivity contribution in [3.63, 3.8) is 0 Å². The van der Waals surface area contributed by atoms with Gasteiger partial charge in [-0.15, -0.1) is 0 Å². The second-order valence-electron chi connectivity index (χ2n) is 6.27. The number of hydrogen-bond acceptors (Lipinski definition) is 4. The van der Waals surface area contributed by atoms with Crippen LogP contribution in [0, 0.1) is 0 Å². The molecular formula is C15H20ClN3O4S. The van der Waals surface area contributed by atoms with Gasteiger partial charge in [-0.05, 0) is 31.0 Å². The second-order valence-corrected chi connectivity index (χ2v) is 8.89. The number of sulfone groups is 1. The molecule has 2 atom stereocenters. The largest absolute Gasteiger partial charge is 0.352 e. The first kappa shape index (κ1) is 18.5. The van der Waals surface area contributed by atoms with Crippen LogP contribution in [0.3, 0.4) is 0 Å². The molecule has 1 aromatic rings. The van der Waals surface area contributed by atoms with E-state index in [0.29, 0.717) is 17.0 Å². The van der Waals surface area contributed by atoms with E-state index in [2.05, 4.69) is 10.6 Å². The predicted octanol–water partition coefficient (Wildman–Crippen LogP) is 1.13. The van der Waals surface area contributed by atoms with E-state index in [9.17, 15) is 18.0 Å². The maximum Gasteiger partial charge on any atom is 0.312 e. The number of rotatable bonds is 5. The molecule has 1 fully saturated rings. The highest BCUT2D eigenvalue weighted by atomic mass is 35.5. The number of benzene rings is 1. The van der Waals surface area contributed by atoms with Crippen LogP contribution in [-0.2, 0) is 14.6 Å². The number of nitrogens with two attached hydrogens (primary N) is 1. The summed E-state index contributed by atoms with van der Waals surface area (Å²) >= 11 is 5.84. The SMILES string of the molecule is C[C@]1(NC(=O)C[C@H](NC(N)=O)c2ccc(Cl)cc2)CCS(=O)(=O)C1. The van der Waals surface area contributed by atoms with E-state index in [1.165, 1.54) is 0 Å². The molecule has 0 saturated carbocycles. The van der Waals surface area contributed by atoms with Crippen LogP contribution in [0.15, 0.2) is 24.3 Å². The molecule has 2 rings (SSSR count). The first-order valence-electron chi connectivity index (χ1n) is 7.41. The molecule has 1 aliphatic rings. The quantitative estimate of drug-likeness (QED) is 0.716. The molecule has 1 heterocycles. The number of amides is 3. The maximum absolute atomic E-state index is 12.3. The molecule has 1 aromatic carbocycles. The highest BCUT2D eigenvalue weighted by Crippen LogP contribution is 2.24. The number of carbonyl (C=O) groups is 2. The number of urea groups is 1. The fraction of sp³-hybridized carbons (Fsp3) is 0.467. The number of hydrogen-bond donors (Lipinski definition) is 3. The van der Waals surface area contributed by atoms with E-state index in [-0.39, 0.29) is 23.8 Å². The summed E-state index contributed by atoms with van der Waals surface area (Å²) in [4.78, 5) is 23.5. The first-order chi connectivity index (χ1) is 11.1. The fourth-order valence-electron chi connectivity index (χ4n) is 2.80. The number of primary amides is 1. The van der Waals surface area contributed by atoms with Crippen molar-refractivity contribution in [1.29, 1.82) is 0 Å². The summed E-state index contributed by atoms with van der Waals surface area (Å²) in [5.74, 6) is -0.381. The van der Waals surface area contributed by atoms with Gasteiger partial charge in [0.15, 0.2) is 9.84 Å². The number of carbonyl (C=O) groups excluding carboxylic acids is 2. The van der Waals surface area contributed by atoms with Gasteiger partial charge in [0.05, 0.1) is 29.5 Å². The monoisotopic (exact) mass is 373 g/mol.